The Balaban J connectivity index is 1.40. The summed E-state index contributed by atoms with van der Waals surface area (Å²) in [6.45, 7) is 0.609. The molecular weight excluding hydrogens is 430 g/mol. The maximum absolute atomic E-state index is 12.8. The highest BCUT2D eigenvalue weighted by Gasteiger charge is 2.20. The Morgan fingerprint density at radius 2 is 2.00 bits per heavy atom. The third-order valence-electron chi connectivity index (χ3n) is 4.97. The van der Waals surface area contributed by atoms with E-state index in [1.807, 2.05) is 41.0 Å². The van der Waals surface area contributed by atoms with Gasteiger partial charge in [0, 0.05) is 11.1 Å². The van der Waals surface area contributed by atoms with E-state index in [0.29, 0.717) is 34.6 Å². The molecule has 0 fully saturated rings. The highest BCUT2D eigenvalue weighted by atomic mass is 32.2. The van der Waals surface area contributed by atoms with Crippen LogP contribution in [0.2, 0.25) is 0 Å². The van der Waals surface area contributed by atoms with Crippen LogP contribution < -0.4 is 14.2 Å². The number of benzene rings is 2. The molecule has 0 bridgehead atoms. The number of carbonyl (C=O) groups is 1. The Hall–Kier alpha value is -3.72. The minimum atomic E-state index is -0.0382. The average Bonchev–Trinajstić information content (AvgIpc) is 3.58. The van der Waals surface area contributed by atoms with Gasteiger partial charge in [0.2, 0.25) is 6.79 Å². The van der Waals surface area contributed by atoms with Crippen LogP contribution in [0.25, 0.3) is 11.4 Å². The molecule has 1 aliphatic rings. The molecule has 0 atom stereocenters. The van der Waals surface area contributed by atoms with Crippen LogP contribution >= 0.6 is 11.8 Å². The van der Waals surface area contributed by atoms with Crippen molar-refractivity contribution in [2.45, 2.75) is 11.7 Å². The number of fused-ring (bicyclic) bond motifs is 1. The second kappa shape index (κ2) is 8.80. The van der Waals surface area contributed by atoms with Gasteiger partial charge in [-0.1, -0.05) is 23.9 Å². The number of rotatable bonds is 8. The molecule has 2 aromatic heterocycles. The number of ether oxygens (including phenoxy) is 3. The van der Waals surface area contributed by atoms with Gasteiger partial charge in [-0.2, -0.15) is 0 Å². The predicted octanol–water partition coefficient (Wildman–Crippen LogP) is 4.30. The van der Waals surface area contributed by atoms with Crippen LogP contribution in [-0.4, -0.2) is 40.2 Å². The highest BCUT2D eigenvalue weighted by molar-refractivity contribution is 7.99. The summed E-state index contributed by atoms with van der Waals surface area (Å²) < 4.78 is 23.5. The van der Waals surface area contributed by atoms with E-state index in [-0.39, 0.29) is 18.3 Å². The lowest BCUT2D eigenvalue weighted by atomic mass is 10.1. The van der Waals surface area contributed by atoms with Crippen molar-refractivity contribution in [3.63, 3.8) is 0 Å². The lowest BCUT2D eigenvalue weighted by Crippen LogP contribution is -2.07. The fourth-order valence-electron chi connectivity index (χ4n) is 3.36. The summed E-state index contributed by atoms with van der Waals surface area (Å²) in [7, 11) is 1.62. The molecule has 0 radical (unpaired) electrons. The molecule has 162 valence electrons. The maximum atomic E-state index is 12.8. The van der Waals surface area contributed by atoms with Gasteiger partial charge in [-0.15, -0.1) is 10.2 Å². The molecule has 32 heavy (non-hydrogen) atoms. The predicted molar refractivity (Wildman–Crippen MR) is 117 cm³/mol. The number of nitrogens with zero attached hydrogens (tertiary/aromatic N) is 3. The smallest absolute Gasteiger partial charge is 0.231 e. The molecule has 4 aromatic rings. The van der Waals surface area contributed by atoms with Gasteiger partial charge in [-0.25, -0.2) is 0 Å². The van der Waals surface area contributed by atoms with Gasteiger partial charge in [0.25, 0.3) is 0 Å². The Kier molecular flexibility index (Phi) is 5.55. The van der Waals surface area contributed by atoms with Gasteiger partial charge in [-0.05, 0) is 42.5 Å². The monoisotopic (exact) mass is 449 g/mol. The summed E-state index contributed by atoms with van der Waals surface area (Å²) in [5.41, 5.74) is 1.42. The van der Waals surface area contributed by atoms with E-state index in [4.69, 9.17) is 18.6 Å². The van der Waals surface area contributed by atoms with Crippen LogP contribution in [0.1, 0.15) is 16.1 Å². The van der Waals surface area contributed by atoms with Crippen LogP contribution in [0.4, 0.5) is 0 Å². The van der Waals surface area contributed by atoms with Crippen molar-refractivity contribution in [3.8, 4) is 28.6 Å². The molecule has 0 saturated carbocycles. The number of thioether (sulfide) groups is 1. The Morgan fingerprint density at radius 1 is 1.09 bits per heavy atom. The van der Waals surface area contributed by atoms with E-state index < -0.39 is 0 Å². The van der Waals surface area contributed by atoms with Crippen molar-refractivity contribution in [1.29, 1.82) is 0 Å². The summed E-state index contributed by atoms with van der Waals surface area (Å²) in [5.74, 6) is 3.55. The first-order chi connectivity index (χ1) is 15.7. The highest BCUT2D eigenvalue weighted by Crippen LogP contribution is 2.33. The summed E-state index contributed by atoms with van der Waals surface area (Å²) >= 11 is 1.33. The average molecular weight is 449 g/mol. The topological polar surface area (TPSA) is 88.6 Å². The molecule has 9 heteroatoms. The van der Waals surface area contributed by atoms with Crippen LogP contribution in [-0.2, 0) is 6.54 Å². The zero-order chi connectivity index (χ0) is 21.9. The van der Waals surface area contributed by atoms with E-state index in [2.05, 4.69) is 10.2 Å². The van der Waals surface area contributed by atoms with Crippen LogP contribution in [0.5, 0.6) is 17.2 Å². The Bertz CT molecular complexity index is 1250. The minimum absolute atomic E-state index is 0.0382. The lowest BCUT2D eigenvalue weighted by Gasteiger charge is -2.10. The summed E-state index contributed by atoms with van der Waals surface area (Å²) in [6, 6.07) is 16.5. The number of ketones is 1. The van der Waals surface area contributed by atoms with Gasteiger partial charge < -0.3 is 18.6 Å². The molecule has 8 nitrogen and oxygen atoms in total. The molecule has 2 aromatic carbocycles. The van der Waals surface area contributed by atoms with E-state index in [1.54, 1.807) is 31.6 Å². The molecule has 0 spiro atoms. The lowest BCUT2D eigenvalue weighted by molar-refractivity contribution is 0.102. The summed E-state index contributed by atoms with van der Waals surface area (Å²) in [5, 5.41) is 9.35. The first-order valence-corrected chi connectivity index (χ1v) is 10.9. The van der Waals surface area contributed by atoms with Crippen LogP contribution in [0.15, 0.2) is 70.4 Å². The van der Waals surface area contributed by atoms with E-state index in [0.717, 1.165) is 17.1 Å². The zero-order valence-corrected chi connectivity index (χ0v) is 18.0. The van der Waals surface area contributed by atoms with Gasteiger partial charge in [0.05, 0.1) is 25.7 Å². The quantitative estimate of drug-likeness (QED) is 0.291. The Morgan fingerprint density at radius 3 is 2.84 bits per heavy atom. The molecule has 5 rings (SSSR count). The first-order valence-electron chi connectivity index (χ1n) is 9.87. The van der Waals surface area contributed by atoms with Crippen molar-refractivity contribution in [2.24, 2.45) is 0 Å². The SMILES string of the molecule is COc1cccc(-c2nnc(SCC(=O)c3ccc4c(c3)OCO4)n2Cc2ccco2)c1. The largest absolute Gasteiger partial charge is 0.497 e. The first kappa shape index (κ1) is 20.2. The number of carbonyl (C=O) groups excluding carboxylic acids is 1. The van der Waals surface area contributed by atoms with Crippen LogP contribution in [0, 0.1) is 0 Å². The van der Waals surface area contributed by atoms with Gasteiger partial charge >= 0.3 is 0 Å². The second-order valence-corrected chi connectivity index (χ2v) is 7.93. The summed E-state index contributed by atoms with van der Waals surface area (Å²) in [4.78, 5) is 12.8. The van der Waals surface area contributed by atoms with Gasteiger partial charge in [0.1, 0.15) is 11.5 Å². The maximum Gasteiger partial charge on any atom is 0.231 e. The van der Waals surface area contributed by atoms with E-state index >= 15 is 0 Å². The standard InChI is InChI=1S/C23H19N3O5S/c1-28-17-5-2-4-16(10-17)22-24-25-23(26(22)12-18-6-3-9-29-18)32-13-19(27)15-7-8-20-21(11-15)31-14-30-20/h2-11H,12-14H2,1H3. The van der Waals surface area contributed by atoms with Crippen molar-refractivity contribution >= 4 is 17.5 Å². The number of methoxy groups -OCH3 is 1. The fourth-order valence-corrected chi connectivity index (χ4v) is 4.19. The molecule has 0 amide bonds. The second-order valence-electron chi connectivity index (χ2n) is 6.98. The Labute approximate surface area is 188 Å². The van der Waals surface area contributed by atoms with Crippen molar-refractivity contribution in [1.82, 2.24) is 14.8 Å². The van der Waals surface area contributed by atoms with Gasteiger partial charge in [-0.3, -0.25) is 9.36 Å². The van der Waals surface area contributed by atoms with Crippen molar-refractivity contribution in [3.05, 3.63) is 72.2 Å². The molecule has 0 unspecified atom stereocenters. The number of furan rings is 1. The minimum Gasteiger partial charge on any atom is -0.497 e. The van der Waals surface area contributed by atoms with Crippen molar-refractivity contribution < 1.29 is 23.4 Å². The molecule has 0 saturated heterocycles. The summed E-state index contributed by atoms with van der Waals surface area (Å²) in [6.07, 6.45) is 1.63. The molecule has 3 heterocycles. The zero-order valence-electron chi connectivity index (χ0n) is 17.2. The number of hydrogen-bond donors (Lipinski definition) is 0. The number of hydrogen-bond acceptors (Lipinski definition) is 8. The number of aromatic nitrogens is 3. The van der Waals surface area contributed by atoms with Crippen molar-refractivity contribution in [2.75, 3.05) is 19.7 Å². The normalized spacial score (nSPS) is 12.2. The molecular formula is C23H19N3O5S. The van der Waals surface area contributed by atoms with E-state index in [1.165, 1.54) is 11.8 Å². The molecule has 0 aliphatic carbocycles. The fraction of sp³-hybridized carbons (Fsp3) is 0.174. The third-order valence-corrected chi connectivity index (χ3v) is 5.93. The van der Waals surface area contributed by atoms with E-state index in [9.17, 15) is 4.79 Å². The van der Waals surface area contributed by atoms with Crippen LogP contribution in [0.3, 0.4) is 0 Å². The molecule has 0 N–H and O–H groups in total. The third kappa shape index (κ3) is 4.06. The molecule has 1 aliphatic heterocycles. The number of Topliss-reactive ketones (excluding diaryl/α,β-unsaturated/α-hetero) is 1. The van der Waals surface area contributed by atoms with Gasteiger partial charge in [0.15, 0.2) is 28.3 Å².